The maximum Gasteiger partial charge on any atom is 0.191 e. The topological polar surface area (TPSA) is 78.7 Å². The van der Waals surface area contributed by atoms with Crippen LogP contribution in [0.3, 0.4) is 0 Å². The standard InChI is InChI=1S/C17H23FN4O2/c1-20-17(21-6-2-7-24-15-5-8-23-12-15)22-11-14-4-3-13(10-19)9-16(14)18/h3-4,9,15H,2,5-8,11-12H2,1H3,(H2,20,21,22). The highest BCUT2D eigenvalue weighted by Crippen LogP contribution is 2.10. The van der Waals surface area contributed by atoms with Gasteiger partial charge in [0.25, 0.3) is 0 Å². The van der Waals surface area contributed by atoms with Gasteiger partial charge in [-0.1, -0.05) is 6.07 Å². The highest BCUT2D eigenvalue weighted by Gasteiger charge is 2.15. The number of benzene rings is 1. The number of halogens is 1. The van der Waals surface area contributed by atoms with Gasteiger partial charge < -0.3 is 20.1 Å². The summed E-state index contributed by atoms with van der Waals surface area (Å²) in [6.45, 7) is 3.15. The van der Waals surface area contributed by atoms with Gasteiger partial charge in [0.1, 0.15) is 5.82 Å². The first kappa shape index (κ1) is 18.2. The summed E-state index contributed by atoms with van der Waals surface area (Å²) in [4.78, 5) is 4.10. The second-order valence-corrected chi connectivity index (χ2v) is 5.48. The van der Waals surface area contributed by atoms with Crippen LogP contribution in [0.4, 0.5) is 4.39 Å². The van der Waals surface area contributed by atoms with E-state index in [1.54, 1.807) is 19.2 Å². The molecule has 0 spiro atoms. The molecule has 1 aromatic rings. The van der Waals surface area contributed by atoms with Crippen molar-refractivity contribution in [3.05, 3.63) is 35.1 Å². The molecule has 1 aliphatic heterocycles. The summed E-state index contributed by atoms with van der Waals surface area (Å²) in [5.41, 5.74) is 0.799. The average molecular weight is 334 g/mol. The molecule has 130 valence electrons. The van der Waals surface area contributed by atoms with E-state index in [0.29, 0.717) is 43.4 Å². The van der Waals surface area contributed by atoms with Crippen molar-refractivity contribution in [3.8, 4) is 6.07 Å². The van der Waals surface area contributed by atoms with Gasteiger partial charge in [-0.3, -0.25) is 4.99 Å². The minimum absolute atomic E-state index is 0.224. The SMILES string of the molecule is CN=C(NCCCOC1CCOC1)NCc1ccc(C#N)cc1F. The second-order valence-electron chi connectivity index (χ2n) is 5.48. The van der Waals surface area contributed by atoms with E-state index in [9.17, 15) is 4.39 Å². The molecule has 1 atom stereocenters. The lowest BCUT2D eigenvalue weighted by atomic mass is 10.1. The van der Waals surface area contributed by atoms with Gasteiger partial charge in [0, 0.05) is 38.9 Å². The van der Waals surface area contributed by atoms with Crippen molar-refractivity contribution < 1.29 is 13.9 Å². The molecule has 0 radical (unpaired) electrons. The van der Waals surface area contributed by atoms with Crippen LogP contribution >= 0.6 is 0 Å². The lowest BCUT2D eigenvalue weighted by Gasteiger charge is -2.13. The Labute approximate surface area is 141 Å². The fourth-order valence-corrected chi connectivity index (χ4v) is 2.33. The van der Waals surface area contributed by atoms with E-state index in [1.165, 1.54) is 6.07 Å². The van der Waals surface area contributed by atoms with Crippen LogP contribution in [-0.2, 0) is 16.0 Å². The first-order chi connectivity index (χ1) is 11.7. The molecule has 7 heteroatoms. The molecule has 0 aliphatic carbocycles. The monoisotopic (exact) mass is 334 g/mol. The number of guanidine groups is 1. The van der Waals surface area contributed by atoms with Crippen molar-refractivity contribution in [1.82, 2.24) is 10.6 Å². The maximum absolute atomic E-state index is 13.8. The zero-order valence-electron chi connectivity index (χ0n) is 13.8. The first-order valence-corrected chi connectivity index (χ1v) is 8.05. The van der Waals surface area contributed by atoms with Crippen molar-refractivity contribution in [2.75, 3.05) is 33.4 Å². The Balaban J connectivity index is 1.66. The lowest BCUT2D eigenvalue weighted by molar-refractivity contribution is 0.0420. The fourth-order valence-electron chi connectivity index (χ4n) is 2.33. The van der Waals surface area contributed by atoms with Gasteiger partial charge in [-0.15, -0.1) is 0 Å². The smallest absolute Gasteiger partial charge is 0.191 e. The Bertz CT molecular complexity index is 595. The molecule has 24 heavy (non-hydrogen) atoms. The van der Waals surface area contributed by atoms with E-state index in [4.69, 9.17) is 14.7 Å². The predicted molar refractivity (Wildman–Crippen MR) is 89.1 cm³/mol. The van der Waals surface area contributed by atoms with E-state index in [2.05, 4.69) is 15.6 Å². The van der Waals surface area contributed by atoms with Crippen molar-refractivity contribution in [2.24, 2.45) is 4.99 Å². The van der Waals surface area contributed by atoms with Crippen LogP contribution in [-0.4, -0.2) is 45.5 Å². The van der Waals surface area contributed by atoms with E-state index in [1.807, 2.05) is 6.07 Å². The number of nitrogens with one attached hydrogen (secondary N) is 2. The molecular formula is C17H23FN4O2. The number of hydrogen-bond acceptors (Lipinski definition) is 4. The lowest BCUT2D eigenvalue weighted by Crippen LogP contribution is -2.37. The zero-order chi connectivity index (χ0) is 17.2. The van der Waals surface area contributed by atoms with Crippen molar-refractivity contribution in [2.45, 2.75) is 25.5 Å². The van der Waals surface area contributed by atoms with E-state index in [0.717, 1.165) is 19.4 Å². The Morgan fingerprint density at radius 3 is 3.04 bits per heavy atom. The summed E-state index contributed by atoms with van der Waals surface area (Å²) in [6.07, 6.45) is 2.04. The third-order valence-electron chi connectivity index (χ3n) is 3.71. The molecular weight excluding hydrogens is 311 g/mol. The third-order valence-corrected chi connectivity index (χ3v) is 3.71. The summed E-state index contributed by atoms with van der Waals surface area (Å²) >= 11 is 0. The molecule has 1 aromatic carbocycles. The molecule has 0 bridgehead atoms. The summed E-state index contributed by atoms with van der Waals surface area (Å²) in [5.74, 6) is 0.201. The van der Waals surface area contributed by atoms with Crippen LogP contribution in [0.5, 0.6) is 0 Å². The summed E-state index contributed by atoms with van der Waals surface area (Å²) in [5, 5.41) is 15.0. The molecule has 1 fully saturated rings. The van der Waals surface area contributed by atoms with Gasteiger partial charge in [-0.25, -0.2) is 4.39 Å². The largest absolute Gasteiger partial charge is 0.379 e. The van der Waals surface area contributed by atoms with Crippen LogP contribution in [0.15, 0.2) is 23.2 Å². The Hall–Kier alpha value is -2.17. The normalized spacial score (nSPS) is 17.5. The number of nitriles is 1. The summed E-state index contributed by atoms with van der Waals surface area (Å²) in [6, 6.07) is 6.35. The molecule has 2 rings (SSSR count). The molecule has 0 amide bonds. The van der Waals surface area contributed by atoms with Crippen molar-refractivity contribution in [1.29, 1.82) is 5.26 Å². The fraction of sp³-hybridized carbons (Fsp3) is 0.529. The second kappa shape index (κ2) is 9.85. The van der Waals surface area contributed by atoms with Crippen LogP contribution < -0.4 is 10.6 Å². The van der Waals surface area contributed by atoms with Crippen LogP contribution in [0, 0.1) is 17.1 Å². The minimum atomic E-state index is -0.399. The highest BCUT2D eigenvalue weighted by molar-refractivity contribution is 5.79. The van der Waals surface area contributed by atoms with E-state index < -0.39 is 5.82 Å². The van der Waals surface area contributed by atoms with Gasteiger partial charge in [-0.2, -0.15) is 5.26 Å². The van der Waals surface area contributed by atoms with E-state index >= 15 is 0 Å². The average Bonchev–Trinajstić information content (AvgIpc) is 3.11. The number of rotatable bonds is 7. The number of aliphatic imine (C=N–C) groups is 1. The van der Waals surface area contributed by atoms with Crippen molar-refractivity contribution >= 4 is 5.96 Å². The van der Waals surface area contributed by atoms with Gasteiger partial charge in [-0.05, 0) is 25.0 Å². The Morgan fingerprint density at radius 1 is 1.50 bits per heavy atom. The molecule has 6 nitrogen and oxygen atoms in total. The summed E-state index contributed by atoms with van der Waals surface area (Å²) in [7, 11) is 1.66. The first-order valence-electron chi connectivity index (χ1n) is 8.05. The molecule has 1 heterocycles. The molecule has 1 saturated heterocycles. The number of nitrogens with zero attached hydrogens (tertiary/aromatic N) is 2. The highest BCUT2D eigenvalue weighted by atomic mass is 19.1. The number of ether oxygens (including phenoxy) is 2. The van der Waals surface area contributed by atoms with Crippen LogP contribution in [0.2, 0.25) is 0 Å². The number of hydrogen-bond donors (Lipinski definition) is 2. The van der Waals surface area contributed by atoms with Crippen LogP contribution in [0.1, 0.15) is 24.0 Å². The van der Waals surface area contributed by atoms with E-state index in [-0.39, 0.29) is 6.10 Å². The predicted octanol–water partition coefficient (Wildman–Crippen LogP) is 1.56. The van der Waals surface area contributed by atoms with Gasteiger partial charge in [0.05, 0.1) is 24.3 Å². The van der Waals surface area contributed by atoms with Gasteiger partial charge in [0.2, 0.25) is 0 Å². The maximum atomic E-state index is 13.8. The summed E-state index contributed by atoms with van der Waals surface area (Å²) < 4.78 is 24.7. The van der Waals surface area contributed by atoms with Gasteiger partial charge in [0.15, 0.2) is 5.96 Å². The molecule has 1 unspecified atom stereocenters. The van der Waals surface area contributed by atoms with Crippen LogP contribution in [0.25, 0.3) is 0 Å². The molecule has 2 N–H and O–H groups in total. The van der Waals surface area contributed by atoms with Gasteiger partial charge >= 0.3 is 0 Å². The molecule has 1 aliphatic rings. The minimum Gasteiger partial charge on any atom is -0.379 e. The molecule has 0 aromatic heterocycles. The molecule has 0 saturated carbocycles. The Morgan fingerprint density at radius 2 is 2.38 bits per heavy atom. The van der Waals surface area contributed by atoms with Crippen molar-refractivity contribution in [3.63, 3.8) is 0 Å². The third kappa shape index (κ3) is 5.80. The quantitative estimate of drug-likeness (QED) is 0.449. The Kier molecular flexibility index (Phi) is 7.46. The zero-order valence-corrected chi connectivity index (χ0v) is 13.8.